The molecule has 3 aromatic rings. The lowest BCUT2D eigenvalue weighted by molar-refractivity contribution is 0.154. The standard InChI is InChI=1S/C18H21FN4O/c1-12-4-2-3-7-22(12)8-9-23-11-20-16-14-10-13(19)5-6-15(14)21-17(16)18(23)24/h5-6,10-12,21H,2-4,7-9H2,1H3/t12-/m0/s1. The number of hydrogen-bond donors (Lipinski definition) is 1. The number of benzene rings is 1. The van der Waals surface area contributed by atoms with Gasteiger partial charge in [-0.2, -0.15) is 0 Å². The van der Waals surface area contributed by atoms with Gasteiger partial charge >= 0.3 is 0 Å². The molecule has 0 radical (unpaired) electrons. The van der Waals surface area contributed by atoms with Crippen LogP contribution >= 0.6 is 0 Å². The van der Waals surface area contributed by atoms with Gasteiger partial charge in [0.05, 0.1) is 6.33 Å². The highest BCUT2D eigenvalue weighted by Crippen LogP contribution is 2.22. The van der Waals surface area contributed by atoms with Gasteiger partial charge in [0.25, 0.3) is 5.56 Å². The van der Waals surface area contributed by atoms with E-state index in [4.69, 9.17) is 0 Å². The molecule has 1 atom stereocenters. The number of H-pyrrole nitrogens is 1. The molecule has 0 saturated carbocycles. The Labute approximate surface area is 139 Å². The molecular weight excluding hydrogens is 307 g/mol. The van der Waals surface area contributed by atoms with Crippen molar-refractivity contribution in [3.8, 4) is 0 Å². The summed E-state index contributed by atoms with van der Waals surface area (Å²) in [6, 6.07) is 5.02. The fraction of sp³-hybridized carbons (Fsp3) is 0.444. The van der Waals surface area contributed by atoms with E-state index in [0.29, 0.717) is 29.0 Å². The number of nitrogens with one attached hydrogen (secondary N) is 1. The lowest BCUT2D eigenvalue weighted by atomic mass is 10.0. The van der Waals surface area contributed by atoms with E-state index < -0.39 is 0 Å². The van der Waals surface area contributed by atoms with Crippen LogP contribution in [-0.4, -0.2) is 38.6 Å². The van der Waals surface area contributed by atoms with Gasteiger partial charge in [-0.1, -0.05) is 6.42 Å². The van der Waals surface area contributed by atoms with Crippen LogP contribution in [-0.2, 0) is 6.54 Å². The number of aromatic amines is 1. The second-order valence-electron chi connectivity index (χ2n) is 6.66. The highest BCUT2D eigenvalue weighted by atomic mass is 19.1. The number of aromatic nitrogens is 3. The summed E-state index contributed by atoms with van der Waals surface area (Å²) < 4.78 is 15.1. The lowest BCUT2D eigenvalue weighted by Crippen LogP contribution is -2.40. The molecule has 1 aromatic carbocycles. The smallest absolute Gasteiger partial charge is 0.277 e. The van der Waals surface area contributed by atoms with E-state index in [9.17, 15) is 9.18 Å². The monoisotopic (exact) mass is 328 g/mol. The summed E-state index contributed by atoms with van der Waals surface area (Å²) in [7, 11) is 0. The van der Waals surface area contributed by atoms with Gasteiger partial charge in [0.1, 0.15) is 16.9 Å². The first-order chi connectivity index (χ1) is 11.6. The molecule has 1 aliphatic heterocycles. The summed E-state index contributed by atoms with van der Waals surface area (Å²) in [5, 5.41) is 0.652. The molecule has 1 fully saturated rings. The Bertz CT molecular complexity index is 945. The molecule has 6 heteroatoms. The molecule has 0 spiro atoms. The highest BCUT2D eigenvalue weighted by molar-refractivity contribution is 6.04. The highest BCUT2D eigenvalue weighted by Gasteiger charge is 2.18. The van der Waals surface area contributed by atoms with Crippen LogP contribution < -0.4 is 5.56 Å². The van der Waals surface area contributed by atoms with Crippen LogP contribution in [0.2, 0.25) is 0 Å². The Morgan fingerprint density at radius 1 is 1.33 bits per heavy atom. The second-order valence-corrected chi connectivity index (χ2v) is 6.66. The van der Waals surface area contributed by atoms with Crippen LogP contribution in [0.3, 0.4) is 0 Å². The minimum Gasteiger partial charge on any atom is -0.349 e. The molecule has 0 bridgehead atoms. The number of likely N-dealkylation sites (tertiary alicyclic amines) is 1. The fourth-order valence-electron chi connectivity index (χ4n) is 3.65. The maximum atomic E-state index is 13.5. The van der Waals surface area contributed by atoms with Crippen molar-refractivity contribution in [2.24, 2.45) is 0 Å². The third kappa shape index (κ3) is 2.60. The lowest BCUT2D eigenvalue weighted by Gasteiger charge is -2.33. The molecule has 2 aromatic heterocycles. The van der Waals surface area contributed by atoms with Gasteiger partial charge in [-0.3, -0.25) is 14.3 Å². The number of hydrogen-bond acceptors (Lipinski definition) is 3. The quantitative estimate of drug-likeness (QED) is 0.804. The normalized spacial score (nSPS) is 19.3. The van der Waals surface area contributed by atoms with Crippen molar-refractivity contribution in [1.82, 2.24) is 19.4 Å². The molecule has 0 unspecified atom stereocenters. The fourth-order valence-corrected chi connectivity index (χ4v) is 3.65. The molecule has 1 saturated heterocycles. The van der Waals surface area contributed by atoms with Crippen molar-refractivity contribution < 1.29 is 4.39 Å². The minimum atomic E-state index is -0.325. The molecule has 4 rings (SSSR count). The first kappa shape index (κ1) is 15.3. The van der Waals surface area contributed by atoms with Gasteiger partial charge in [0.2, 0.25) is 0 Å². The van der Waals surface area contributed by atoms with E-state index in [-0.39, 0.29) is 11.4 Å². The number of halogens is 1. The average Bonchev–Trinajstić information content (AvgIpc) is 2.94. The Morgan fingerprint density at radius 3 is 3.04 bits per heavy atom. The summed E-state index contributed by atoms with van der Waals surface area (Å²) in [6.07, 6.45) is 5.32. The van der Waals surface area contributed by atoms with Crippen LogP contribution in [0, 0.1) is 5.82 Å². The van der Waals surface area contributed by atoms with Gasteiger partial charge < -0.3 is 4.98 Å². The minimum absolute atomic E-state index is 0.0960. The molecule has 126 valence electrons. The summed E-state index contributed by atoms with van der Waals surface area (Å²) in [5.74, 6) is -0.325. The van der Waals surface area contributed by atoms with Crippen LogP contribution in [0.5, 0.6) is 0 Å². The Morgan fingerprint density at radius 2 is 2.21 bits per heavy atom. The molecule has 3 heterocycles. The third-order valence-corrected chi connectivity index (χ3v) is 5.10. The van der Waals surface area contributed by atoms with Crippen molar-refractivity contribution in [2.75, 3.05) is 13.1 Å². The molecule has 0 aliphatic carbocycles. The van der Waals surface area contributed by atoms with Gasteiger partial charge in [-0.25, -0.2) is 9.37 Å². The topological polar surface area (TPSA) is 53.9 Å². The maximum Gasteiger partial charge on any atom is 0.277 e. The van der Waals surface area contributed by atoms with Crippen molar-refractivity contribution in [3.05, 3.63) is 40.7 Å². The predicted molar refractivity (Wildman–Crippen MR) is 92.7 cm³/mol. The Kier molecular flexibility index (Phi) is 3.84. The van der Waals surface area contributed by atoms with Crippen molar-refractivity contribution in [1.29, 1.82) is 0 Å². The zero-order valence-electron chi connectivity index (χ0n) is 13.8. The maximum absolute atomic E-state index is 13.5. The van der Waals surface area contributed by atoms with Crippen molar-refractivity contribution in [3.63, 3.8) is 0 Å². The molecule has 24 heavy (non-hydrogen) atoms. The third-order valence-electron chi connectivity index (χ3n) is 5.10. The van der Waals surface area contributed by atoms with E-state index in [1.54, 1.807) is 17.0 Å². The Balaban J connectivity index is 1.66. The van der Waals surface area contributed by atoms with Crippen LogP contribution in [0.15, 0.2) is 29.3 Å². The Hall–Kier alpha value is -2.21. The van der Waals surface area contributed by atoms with Crippen molar-refractivity contribution >= 4 is 21.9 Å². The predicted octanol–water partition coefficient (Wildman–Crippen LogP) is 2.89. The SMILES string of the molecule is C[C@H]1CCCCN1CCn1cnc2c([nH]c3ccc(F)cc32)c1=O. The summed E-state index contributed by atoms with van der Waals surface area (Å²) in [5.41, 5.74) is 1.63. The van der Waals surface area contributed by atoms with E-state index in [1.807, 2.05) is 0 Å². The summed E-state index contributed by atoms with van der Waals surface area (Å²) in [6.45, 7) is 4.81. The first-order valence-corrected chi connectivity index (χ1v) is 8.54. The molecule has 1 aliphatic rings. The van der Waals surface area contributed by atoms with E-state index in [0.717, 1.165) is 18.6 Å². The van der Waals surface area contributed by atoms with Gasteiger partial charge in [0.15, 0.2) is 0 Å². The molecule has 0 amide bonds. The summed E-state index contributed by atoms with van der Waals surface area (Å²) in [4.78, 5) is 22.6. The second kappa shape index (κ2) is 6.02. The van der Waals surface area contributed by atoms with Gasteiger partial charge in [-0.05, 0) is 44.5 Å². The summed E-state index contributed by atoms with van der Waals surface area (Å²) >= 11 is 0. The number of nitrogens with zero attached hydrogens (tertiary/aromatic N) is 3. The van der Waals surface area contributed by atoms with Gasteiger partial charge in [-0.15, -0.1) is 0 Å². The molecule has 5 nitrogen and oxygen atoms in total. The van der Waals surface area contributed by atoms with E-state index >= 15 is 0 Å². The zero-order valence-corrected chi connectivity index (χ0v) is 13.8. The number of fused-ring (bicyclic) bond motifs is 3. The first-order valence-electron chi connectivity index (χ1n) is 8.54. The van der Waals surface area contributed by atoms with Crippen LogP contribution in [0.25, 0.3) is 21.9 Å². The average molecular weight is 328 g/mol. The number of piperidine rings is 1. The van der Waals surface area contributed by atoms with E-state index in [2.05, 4.69) is 21.8 Å². The zero-order chi connectivity index (χ0) is 16.7. The van der Waals surface area contributed by atoms with Gasteiger partial charge in [0, 0.05) is 30.0 Å². The molecular formula is C18H21FN4O. The molecule has 1 N–H and O–H groups in total. The van der Waals surface area contributed by atoms with E-state index in [1.165, 1.54) is 31.4 Å². The number of rotatable bonds is 3. The largest absolute Gasteiger partial charge is 0.349 e. The van der Waals surface area contributed by atoms with Crippen LogP contribution in [0.4, 0.5) is 4.39 Å². The van der Waals surface area contributed by atoms with Crippen molar-refractivity contribution in [2.45, 2.75) is 38.8 Å². The van der Waals surface area contributed by atoms with Crippen LogP contribution in [0.1, 0.15) is 26.2 Å².